The fourth-order valence-corrected chi connectivity index (χ4v) is 3.33. The number of nitrogens with zero attached hydrogens (tertiary/aromatic N) is 4. The van der Waals surface area contributed by atoms with Crippen molar-refractivity contribution in [2.45, 2.75) is 6.92 Å². The van der Waals surface area contributed by atoms with Crippen LogP contribution in [0.15, 0.2) is 36.4 Å². The maximum Gasteiger partial charge on any atom is 0.168 e. The van der Waals surface area contributed by atoms with E-state index < -0.39 is 5.82 Å². The molecule has 1 fully saturated rings. The van der Waals surface area contributed by atoms with Crippen LogP contribution >= 0.6 is 0 Å². The van der Waals surface area contributed by atoms with E-state index in [1.54, 1.807) is 0 Å². The summed E-state index contributed by atoms with van der Waals surface area (Å²) in [6, 6.07) is 10.3. The van der Waals surface area contributed by atoms with Crippen molar-refractivity contribution in [3.05, 3.63) is 47.8 Å². The van der Waals surface area contributed by atoms with E-state index in [1.807, 2.05) is 25.1 Å². The van der Waals surface area contributed by atoms with Crippen molar-refractivity contribution >= 4 is 16.7 Å². The minimum absolute atomic E-state index is 0.0475. The normalized spacial score (nSPS) is 15.6. The lowest BCUT2D eigenvalue weighted by molar-refractivity contribution is 0.312. The van der Waals surface area contributed by atoms with E-state index in [-0.39, 0.29) is 17.1 Å². The molecular weight excluding hydrogens is 331 g/mol. The van der Waals surface area contributed by atoms with Crippen LogP contribution in [0.25, 0.3) is 22.3 Å². The fraction of sp³-hybridized carbons (Fsp3) is 0.300. The van der Waals surface area contributed by atoms with Gasteiger partial charge in [0.2, 0.25) is 0 Å². The van der Waals surface area contributed by atoms with Crippen LogP contribution in [-0.2, 0) is 0 Å². The lowest BCUT2D eigenvalue weighted by Crippen LogP contribution is -2.45. The molecule has 0 aliphatic carbocycles. The lowest BCUT2D eigenvalue weighted by Gasteiger charge is -2.34. The molecule has 3 aromatic rings. The molecule has 0 radical (unpaired) electrons. The summed E-state index contributed by atoms with van der Waals surface area (Å²) in [6.45, 7) is 5.57. The van der Waals surface area contributed by atoms with Crippen LogP contribution < -0.4 is 4.90 Å². The molecule has 4 rings (SSSR count). The Morgan fingerprint density at radius 3 is 2.54 bits per heavy atom. The van der Waals surface area contributed by atoms with Crippen molar-refractivity contribution < 1.29 is 9.50 Å². The molecule has 1 aliphatic heterocycles. The van der Waals surface area contributed by atoms with Gasteiger partial charge in [0.15, 0.2) is 5.82 Å². The summed E-state index contributed by atoms with van der Waals surface area (Å²) in [5.41, 5.74) is 1.88. The zero-order chi connectivity index (χ0) is 18.3. The number of aromatic nitrogens is 2. The Labute approximate surface area is 151 Å². The smallest absolute Gasteiger partial charge is 0.168 e. The highest BCUT2D eigenvalue weighted by molar-refractivity contribution is 5.92. The van der Waals surface area contributed by atoms with Crippen molar-refractivity contribution in [3.8, 4) is 17.1 Å². The molecule has 6 heteroatoms. The molecule has 0 saturated carbocycles. The standard InChI is InChI=1S/C20H21FN4O/c1-13-6-7-14-16(12-13)22-19(18-15(21)4-3-5-17(18)26)23-20(14)25-10-8-24(2)9-11-25/h3-7,12,26H,8-11H2,1-2H3. The van der Waals surface area contributed by atoms with Crippen molar-refractivity contribution in [3.63, 3.8) is 0 Å². The van der Waals surface area contributed by atoms with Gasteiger partial charge in [-0.1, -0.05) is 12.1 Å². The van der Waals surface area contributed by atoms with E-state index in [1.165, 1.54) is 18.2 Å². The van der Waals surface area contributed by atoms with Gasteiger partial charge in [0, 0.05) is 31.6 Å². The molecule has 2 aromatic carbocycles. The highest BCUT2D eigenvalue weighted by atomic mass is 19.1. The average Bonchev–Trinajstić information content (AvgIpc) is 2.61. The molecule has 1 aromatic heterocycles. The third-order valence-corrected chi connectivity index (χ3v) is 4.85. The Bertz CT molecular complexity index is 947. The molecule has 0 spiro atoms. The van der Waals surface area contributed by atoms with E-state index in [2.05, 4.69) is 26.8 Å². The van der Waals surface area contributed by atoms with Gasteiger partial charge in [0.1, 0.15) is 17.4 Å². The van der Waals surface area contributed by atoms with Crippen molar-refractivity contribution in [2.75, 3.05) is 38.1 Å². The number of hydrogen-bond acceptors (Lipinski definition) is 5. The van der Waals surface area contributed by atoms with Crippen molar-refractivity contribution in [1.29, 1.82) is 0 Å². The zero-order valence-electron chi connectivity index (χ0n) is 14.9. The number of rotatable bonds is 2. The van der Waals surface area contributed by atoms with Gasteiger partial charge in [0.05, 0.1) is 11.1 Å². The number of likely N-dealkylation sites (N-methyl/N-ethyl adjacent to an activating group) is 1. The van der Waals surface area contributed by atoms with E-state index in [0.29, 0.717) is 0 Å². The molecule has 0 unspecified atom stereocenters. The van der Waals surface area contributed by atoms with E-state index in [4.69, 9.17) is 0 Å². The summed E-state index contributed by atoms with van der Waals surface area (Å²) in [6.07, 6.45) is 0. The number of phenols is 1. The number of anilines is 1. The van der Waals surface area contributed by atoms with Crippen molar-refractivity contribution in [1.82, 2.24) is 14.9 Å². The summed E-state index contributed by atoms with van der Waals surface area (Å²) in [5, 5.41) is 11.1. The first-order valence-corrected chi connectivity index (χ1v) is 8.72. The van der Waals surface area contributed by atoms with Crippen LogP contribution in [0.2, 0.25) is 0 Å². The van der Waals surface area contributed by atoms with Crippen LogP contribution in [0.3, 0.4) is 0 Å². The molecule has 0 amide bonds. The molecular formula is C20H21FN4O. The molecule has 1 aliphatic rings. The summed E-state index contributed by atoms with van der Waals surface area (Å²) in [4.78, 5) is 13.7. The quantitative estimate of drug-likeness (QED) is 0.768. The fourth-order valence-electron chi connectivity index (χ4n) is 3.33. The number of aryl methyl sites for hydroxylation is 1. The molecule has 0 atom stereocenters. The Balaban J connectivity index is 1.92. The number of piperazine rings is 1. The van der Waals surface area contributed by atoms with Gasteiger partial charge in [-0.2, -0.15) is 0 Å². The minimum atomic E-state index is -0.527. The minimum Gasteiger partial charge on any atom is -0.507 e. The van der Waals surface area contributed by atoms with E-state index in [9.17, 15) is 9.50 Å². The number of halogens is 1. The van der Waals surface area contributed by atoms with Gasteiger partial charge in [-0.05, 0) is 43.8 Å². The Hall–Kier alpha value is -2.73. The van der Waals surface area contributed by atoms with Gasteiger partial charge >= 0.3 is 0 Å². The number of aromatic hydroxyl groups is 1. The number of fused-ring (bicyclic) bond motifs is 1. The maximum absolute atomic E-state index is 14.4. The Kier molecular flexibility index (Phi) is 4.20. The van der Waals surface area contributed by atoms with Crippen LogP contribution in [-0.4, -0.2) is 53.2 Å². The van der Waals surface area contributed by atoms with Gasteiger partial charge in [-0.3, -0.25) is 0 Å². The van der Waals surface area contributed by atoms with Gasteiger partial charge in [-0.15, -0.1) is 0 Å². The Morgan fingerprint density at radius 1 is 1.04 bits per heavy atom. The predicted octanol–water partition coefficient (Wildman–Crippen LogP) is 3.20. The predicted molar refractivity (Wildman–Crippen MR) is 101 cm³/mol. The second kappa shape index (κ2) is 6.53. The van der Waals surface area contributed by atoms with Gasteiger partial charge in [-0.25, -0.2) is 14.4 Å². The monoisotopic (exact) mass is 352 g/mol. The molecule has 26 heavy (non-hydrogen) atoms. The zero-order valence-corrected chi connectivity index (χ0v) is 14.9. The average molecular weight is 352 g/mol. The SMILES string of the molecule is Cc1ccc2c(N3CCN(C)CC3)nc(-c3c(O)cccc3F)nc2c1. The Morgan fingerprint density at radius 2 is 1.81 bits per heavy atom. The third kappa shape index (κ3) is 2.97. The first-order chi connectivity index (χ1) is 12.5. The van der Waals surface area contributed by atoms with Gasteiger partial charge in [0.25, 0.3) is 0 Å². The summed E-state index contributed by atoms with van der Waals surface area (Å²) in [5.74, 6) is 0.330. The maximum atomic E-state index is 14.4. The first kappa shape index (κ1) is 16.7. The molecule has 2 heterocycles. The number of phenolic OH excluding ortho intramolecular Hbond substituents is 1. The highest BCUT2D eigenvalue weighted by Crippen LogP contribution is 2.33. The summed E-state index contributed by atoms with van der Waals surface area (Å²) >= 11 is 0. The first-order valence-electron chi connectivity index (χ1n) is 8.72. The molecule has 134 valence electrons. The van der Waals surface area contributed by atoms with Crippen LogP contribution in [0.1, 0.15) is 5.56 Å². The lowest BCUT2D eigenvalue weighted by atomic mass is 10.1. The molecule has 5 nitrogen and oxygen atoms in total. The van der Waals surface area contributed by atoms with E-state index in [0.717, 1.165) is 48.5 Å². The summed E-state index contributed by atoms with van der Waals surface area (Å²) < 4.78 is 14.4. The number of hydrogen-bond donors (Lipinski definition) is 1. The highest BCUT2D eigenvalue weighted by Gasteiger charge is 2.21. The molecule has 0 bridgehead atoms. The third-order valence-electron chi connectivity index (χ3n) is 4.85. The molecule has 1 saturated heterocycles. The largest absolute Gasteiger partial charge is 0.507 e. The van der Waals surface area contributed by atoms with Crippen LogP contribution in [0.4, 0.5) is 10.2 Å². The second-order valence-electron chi connectivity index (χ2n) is 6.82. The van der Waals surface area contributed by atoms with Crippen LogP contribution in [0, 0.1) is 12.7 Å². The topological polar surface area (TPSA) is 52.5 Å². The van der Waals surface area contributed by atoms with Crippen molar-refractivity contribution in [2.24, 2.45) is 0 Å². The second-order valence-corrected chi connectivity index (χ2v) is 6.82. The summed E-state index contributed by atoms with van der Waals surface area (Å²) in [7, 11) is 2.10. The van der Waals surface area contributed by atoms with Gasteiger partial charge < -0.3 is 14.9 Å². The van der Waals surface area contributed by atoms with Crippen LogP contribution in [0.5, 0.6) is 5.75 Å². The molecule has 1 N–H and O–H groups in total. The van der Waals surface area contributed by atoms with E-state index >= 15 is 0 Å². The number of benzene rings is 2.